The standard InChI is InChI=1S/C14H27NO6S/c1-10(16)12(11(2)20-5)7-8-13(17)15-14(3,4)9-22(18,19)21-6/h11-12H,7-9H2,1-6H3,(H,15,17). The van der Waals surface area contributed by atoms with E-state index in [9.17, 15) is 18.0 Å². The van der Waals surface area contributed by atoms with Gasteiger partial charge in [-0.2, -0.15) is 8.42 Å². The number of rotatable bonds is 10. The topological polar surface area (TPSA) is 98.8 Å². The van der Waals surface area contributed by atoms with E-state index in [1.807, 2.05) is 0 Å². The molecule has 8 heteroatoms. The van der Waals surface area contributed by atoms with E-state index in [2.05, 4.69) is 9.50 Å². The van der Waals surface area contributed by atoms with Crippen molar-refractivity contribution in [1.82, 2.24) is 5.32 Å². The van der Waals surface area contributed by atoms with Crippen molar-refractivity contribution < 1.29 is 26.9 Å². The van der Waals surface area contributed by atoms with Crippen LogP contribution in [0.4, 0.5) is 0 Å². The molecule has 1 N–H and O–H groups in total. The predicted octanol–water partition coefficient (Wildman–Crippen LogP) is 0.878. The quantitative estimate of drug-likeness (QED) is 0.594. The molecule has 0 aromatic carbocycles. The van der Waals surface area contributed by atoms with Gasteiger partial charge < -0.3 is 10.1 Å². The number of hydrogen-bond donors (Lipinski definition) is 1. The van der Waals surface area contributed by atoms with E-state index in [1.165, 1.54) is 14.0 Å². The zero-order valence-corrected chi connectivity index (χ0v) is 15.0. The van der Waals surface area contributed by atoms with Crippen LogP contribution in [0.5, 0.6) is 0 Å². The van der Waals surface area contributed by atoms with Crippen molar-refractivity contribution in [3.05, 3.63) is 0 Å². The van der Waals surface area contributed by atoms with Crippen molar-refractivity contribution in [1.29, 1.82) is 0 Å². The molecule has 0 aliphatic carbocycles. The van der Waals surface area contributed by atoms with Crippen LogP contribution in [0.3, 0.4) is 0 Å². The van der Waals surface area contributed by atoms with E-state index < -0.39 is 15.7 Å². The Kier molecular flexibility index (Phi) is 8.21. The average molecular weight is 337 g/mol. The number of carbonyl (C=O) groups is 2. The molecule has 0 saturated heterocycles. The molecule has 0 aliphatic heterocycles. The predicted molar refractivity (Wildman–Crippen MR) is 82.9 cm³/mol. The summed E-state index contributed by atoms with van der Waals surface area (Å²) < 4.78 is 32.4. The number of ketones is 1. The average Bonchev–Trinajstić information content (AvgIpc) is 2.36. The summed E-state index contributed by atoms with van der Waals surface area (Å²) in [5, 5.41) is 2.65. The van der Waals surface area contributed by atoms with Gasteiger partial charge in [-0.25, -0.2) is 0 Å². The highest BCUT2D eigenvalue weighted by Gasteiger charge is 2.29. The molecule has 0 fully saturated rings. The number of methoxy groups -OCH3 is 1. The van der Waals surface area contributed by atoms with Crippen LogP contribution in [0.15, 0.2) is 0 Å². The normalized spacial score (nSPS) is 15.2. The number of nitrogens with one attached hydrogen (secondary N) is 1. The minimum Gasteiger partial charge on any atom is -0.381 e. The second-order valence-corrected chi connectivity index (χ2v) is 7.73. The molecule has 0 aromatic rings. The highest BCUT2D eigenvalue weighted by atomic mass is 32.2. The summed E-state index contributed by atoms with van der Waals surface area (Å²) in [6, 6.07) is 0. The molecule has 0 bridgehead atoms. The highest BCUT2D eigenvalue weighted by molar-refractivity contribution is 7.86. The van der Waals surface area contributed by atoms with E-state index in [4.69, 9.17) is 4.74 Å². The Bertz CT molecular complexity index is 486. The van der Waals surface area contributed by atoms with Crippen LogP contribution in [0.25, 0.3) is 0 Å². The molecule has 7 nitrogen and oxygen atoms in total. The minimum atomic E-state index is -3.67. The van der Waals surface area contributed by atoms with Gasteiger partial charge in [-0.3, -0.25) is 13.8 Å². The fourth-order valence-corrected chi connectivity index (χ4v) is 3.27. The molecule has 0 aromatic heterocycles. The van der Waals surface area contributed by atoms with Crippen molar-refractivity contribution in [2.24, 2.45) is 5.92 Å². The molecule has 2 atom stereocenters. The van der Waals surface area contributed by atoms with E-state index in [-0.39, 0.29) is 35.9 Å². The Morgan fingerprint density at radius 2 is 1.77 bits per heavy atom. The summed E-state index contributed by atoms with van der Waals surface area (Å²) in [6.45, 7) is 6.44. The fraction of sp³-hybridized carbons (Fsp3) is 0.857. The molecule has 0 heterocycles. The fourth-order valence-electron chi connectivity index (χ4n) is 2.20. The van der Waals surface area contributed by atoms with Crippen LogP contribution in [0.2, 0.25) is 0 Å². The Labute approximate surface area is 132 Å². The van der Waals surface area contributed by atoms with Gasteiger partial charge in [-0.05, 0) is 34.1 Å². The summed E-state index contributed by atoms with van der Waals surface area (Å²) in [5.41, 5.74) is -0.954. The van der Waals surface area contributed by atoms with Gasteiger partial charge in [0.1, 0.15) is 5.78 Å². The lowest BCUT2D eigenvalue weighted by Gasteiger charge is -2.26. The maximum absolute atomic E-state index is 12.0. The van der Waals surface area contributed by atoms with Gasteiger partial charge in [0.15, 0.2) is 0 Å². The lowest BCUT2D eigenvalue weighted by molar-refractivity contribution is -0.126. The Morgan fingerprint density at radius 3 is 2.18 bits per heavy atom. The van der Waals surface area contributed by atoms with Crippen LogP contribution in [0, 0.1) is 5.92 Å². The molecule has 1 amide bonds. The molecule has 0 aliphatic rings. The Hall–Kier alpha value is -0.990. The van der Waals surface area contributed by atoms with Gasteiger partial charge in [0, 0.05) is 19.4 Å². The summed E-state index contributed by atoms with van der Waals surface area (Å²) in [4.78, 5) is 23.5. The minimum absolute atomic E-state index is 0.0385. The third kappa shape index (κ3) is 7.86. The van der Waals surface area contributed by atoms with E-state index in [1.54, 1.807) is 20.8 Å². The SMILES string of the molecule is COC(C)C(CCC(=O)NC(C)(C)CS(=O)(=O)OC)C(C)=O. The van der Waals surface area contributed by atoms with Gasteiger partial charge in [-0.1, -0.05) is 0 Å². The molecule has 130 valence electrons. The number of Topliss-reactive ketones (excluding diaryl/α,β-unsaturated/α-hetero) is 1. The second kappa shape index (κ2) is 8.59. The maximum atomic E-state index is 12.0. The number of ether oxygens (including phenoxy) is 1. The van der Waals surface area contributed by atoms with E-state index >= 15 is 0 Å². The van der Waals surface area contributed by atoms with Crippen LogP contribution in [-0.4, -0.2) is 51.7 Å². The maximum Gasteiger partial charge on any atom is 0.269 e. The lowest BCUT2D eigenvalue weighted by atomic mass is 9.93. The Balaban J connectivity index is 4.58. The van der Waals surface area contributed by atoms with E-state index in [0.29, 0.717) is 6.42 Å². The summed E-state index contributed by atoms with van der Waals surface area (Å²) >= 11 is 0. The lowest BCUT2D eigenvalue weighted by Crippen LogP contribution is -2.48. The molecule has 0 spiro atoms. The zero-order valence-electron chi connectivity index (χ0n) is 14.1. The molecule has 2 unspecified atom stereocenters. The summed E-state index contributed by atoms with van der Waals surface area (Å²) in [7, 11) is -1.08. The third-order valence-electron chi connectivity index (χ3n) is 3.41. The first-order valence-electron chi connectivity index (χ1n) is 7.06. The van der Waals surface area contributed by atoms with E-state index in [0.717, 1.165) is 7.11 Å². The second-order valence-electron chi connectivity index (χ2n) is 6.00. The van der Waals surface area contributed by atoms with Crippen molar-refractivity contribution in [3.63, 3.8) is 0 Å². The van der Waals surface area contributed by atoms with Gasteiger partial charge >= 0.3 is 0 Å². The number of amides is 1. The molecule has 0 saturated carbocycles. The van der Waals surface area contributed by atoms with Crippen molar-refractivity contribution in [3.8, 4) is 0 Å². The van der Waals surface area contributed by atoms with Crippen LogP contribution in [-0.2, 0) is 28.6 Å². The first kappa shape index (κ1) is 21.0. The summed E-state index contributed by atoms with van der Waals surface area (Å²) in [6.07, 6.45) is 0.199. The first-order valence-corrected chi connectivity index (χ1v) is 8.64. The number of carbonyl (C=O) groups excluding carboxylic acids is 2. The van der Waals surface area contributed by atoms with Crippen LogP contribution >= 0.6 is 0 Å². The van der Waals surface area contributed by atoms with Crippen LogP contribution < -0.4 is 5.32 Å². The van der Waals surface area contributed by atoms with Crippen molar-refractivity contribution >= 4 is 21.8 Å². The number of hydrogen-bond acceptors (Lipinski definition) is 6. The Morgan fingerprint density at radius 1 is 1.23 bits per heavy atom. The molecule has 0 radical (unpaired) electrons. The highest BCUT2D eigenvalue weighted by Crippen LogP contribution is 2.16. The molecular formula is C14H27NO6S. The third-order valence-corrected chi connectivity index (χ3v) is 5.00. The molecule has 0 rings (SSSR count). The smallest absolute Gasteiger partial charge is 0.269 e. The largest absolute Gasteiger partial charge is 0.381 e. The van der Waals surface area contributed by atoms with Gasteiger partial charge in [0.25, 0.3) is 10.1 Å². The van der Waals surface area contributed by atoms with Gasteiger partial charge in [-0.15, -0.1) is 0 Å². The van der Waals surface area contributed by atoms with Gasteiger partial charge in [0.05, 0.1) is 24.5 Å². The zero-order chi connectivity index (χ0) is 17.6. The van der Waals surface area contributed by atoms with Crippen LogP contribution in [0.1, 0.15) is 40.5 Å². The molecular weight excluding hydrogens is 310 g/mol. The molecule has 22 heavy (non-hydrogen) atoms. The van der Waals surface area contributed by atoms with Crippen molar-refractivity contribution in [2.45, 2.75) is 52.2 Å². The summed E-state index contributed by atoms with van der Waals surface area (Å²) in [5.74, 6) is -1.04. The monoisotopic (exact) mass is 337 g/mol. The first-order chi connectivity index (χ1) is 9.94. The van der Waals surface area contributed by atoms with Crippen molar-refractivity contribution in [2.75, 3.05) is 20.0 Å². The van der Waals surface area contributed by atoms with Gasteiger partial charge in [0.2, 0.25) is 5.91 Å².